The number of phenolic OH excluding ortho intramolecular Hbond substituents is 2. The van der Waals surface area contributed by atoms with Crippen LogP contribution in [0.25, 0.3) is 11.4 Å². The number of hydrogen-bond acceptors (Lipinski definition) is 14. The van der Waals surface area contributed by atoms with Crippen molar-refractivity contribution in [2.24, 2.45) is 20.5 Å². The molecule has 52 heavy (non-hydrogen) atoms. The molecule has 0 radical (unpaired) electrons. The summed E-state index contributed by atoms with van der Waals surface area (Å²) in [6.45, 7) is 3.20. The fourth-order valence-corrected chi connectivity index (χ4v) is 4.33. The quantitative estimate of drug-likeness (QED) is 0.0756. The van der Waals surface area contributed by atoms with Crippen LogP contribution in [0.4, 0.5) is 34.1 Å². The Morgan fingerprint density at radius 1 is 0.635 bits per heavy atom. The first kappa shape index (κ1) is 40.1. The molecule has 6 aromatic rings. The summed E-state index contributed by atoms with van der Waals surface area (Å²) in [5.74, 6) is -0.565. The zero-order valence-corrected chi connectivity index (χ0v) is 28.7. The number of rotatable bonds is 8. The van der Waals surface area contributed by atoms with Gasteiger partial charge in [-0.25, -0.2) is 19.6 Å². The van der Waals surface area contributed by atoms with Crippen LogP contribution in [0, 0.1) is 34.1 Å². The minimum Gasteiger partial charge on any atom is -0.506 e. The van der Waals surface area contributed by atoms with Gasteiger partial charge in [-0.05, 0) is 36.4 Å². The van der Waals surface area contributed by atoms with E-state index < -0.39 is 21.0 Å². The summed E-state index contributed by atoms with van der Waals surface area (Å²) < 4.78 is 2.38. The van der Waals surface area contributed by atoms with Crippen LogP contribution in [-0.4, -0.2) is 39.6 Å². The Bertz CT molecular complexity index is 2220. The van der Waals surface area contributed by atoms with E-state index in [-0.39, 0.29) is 81.8 Å². The predicted octanol–water partition coefficient (Wildman–Crippen LogP) is 3.58. The van der Waals surface area contributed by atoms with Crippen molar-refractivity contribution in [3.8, 4) is 22.9 Å². The topological polar surface area (TPSA) is 246 Å². The molecule has 0 atom stereocenters. The maximum atomic E-state index is 12.4. The summed E-state index contributed by atoms with van der Waals surface area (Å²) in [5, 5.41) is 64.5. The fourth-order valence-electron chi connectivity index (χ4n) is 4.33. The predicted molar refractivity (Wildman–Crippen MR) is 178 cm³/mol. The molecule has 6 rings (SSSR count). The normalized spacial score (nSPS) is 10.7. The number of non-ortho nitro benzene ring substituents is 2. The van der Waals surface area contributed by atoms with E-state index in [9.17, 15) is 40.0 Å². The van der Waals surface area contributed by atoms with Crippen LogP contribution in [0.5, 0.6) is 11.5 Å². The number of nitro groups is 2. The van der Waals surface area contributed by atoms with Crippen LogP contribution in [0.2, 0.25) is 0 Å². The molecule has 18 nitrogen and oxygen atoms in total. The van der Waals surface area contributed by atoms with Crippen LogP contribution in [0.15, 0.2) is 127 Å². The van der Waals surface area contributed by atoms with Gasteiger partial charge in [0.25, 0.3) is 11.4 Å². The minimum absolute atomic E-state index is 0. The van der Waals surface area contributed by atoms with Gasteiger partial charge in [0.2, 0.25) is 0 Å². The number of nitrogens with zero attached hydrogens (tertiary/aromatic N) is 10. The van der Waals surface area contributed by atoms with Crippen LogP contribution < -0.4 is 30.0 Å². The van der Waals surface area contributed by atoms with Crippen molar-refractivity contribution in [2.75, 3.05) is 0 Å². The summed E-state index contributed by atoms with van der Waals surface area (Å²) in [6.07, 6.45) is 0. The Hall–Kier alpha value is -6.37. The van der Waals surface area contributed by atoms with Gasteiger partial charge in [-0.3, -0.25) is 20.2 Å². The smallest absolute Gasteiger partial charge is 0.506 e. The molecule has 2 N–H and O–H groups in total. The van der Waals surface area contributed by atoms with Gasteiger partial charge in [-0.1, -0.05) is 61.6 Å². The van der Waals surface area contributed by atoms with Crippen LogP contribution in [-0.2, 0) is 17.4 Å². The molecule has 0 aliphatic rings. The average molecular weight is 736 g/mol. The Kier molecular flexibility index (Phi) is 13.5. The minimum atomic E-state index is -0.615. The molecule has 20 heteroatoms. The molecule has 0 amide bonds. The van der Waals surface area contributed by atoms with Crippen molar-refractivity contribution in [3.63, 3.8) is 0 Å². The summed E-state index contributed by atoms with van der Waals surface area (Å²) in [7, 11) is 0. The maximum Gasteiger partial charge on any atom is 1.00 e. The first-order chi connectivity index (χ1) is 23.9. The summed E-state index contributed by atoms with van der Waals surface area (Å²) >= 11 is 0. The average Bonchev–Trinajstić information content (AvgIpc) is 3.56. The molecule has 2 heterocycles. The third-order valence-corrected chi connectivity index (χ3v) is 6.83. The van der Waals surface area contributed by atoms with Crippen LogP contribution in [0.1, 0.15) is 11.4 Å². The SMILES string of the molecule is Cc1nn(-c2ccccc2)c(=O)[c-]1N=Nc1cc([N+](=O)[O-])ccc1O.Cc1nn(-c2ccccc2)c(=O)[c-]1N=Nc1cc([N+](=O)[O-])ccc1O.[Cr].[Li+]. The molecule has 0 fully saturated rings. The van der Waals surface area contributed by atoms with E-state index in [0.29, 0.717) is 22.8 Å². The summed E-state index contributed by atoms with van der Waals surface area (Å²) in [4.78, 5) is 45.3. The Morgan fingerprint density at radius 3 is 1.31 bits per heavy atom. The molecular formula is C32H24CrLiN10O8-. The van der Waals surface area contributed by atoms with E-state index in [1.54, 1.807) is 62.4 Å². The Labute approximate surface area is 315 Å². The monoisotopic (exact) mass is 735 g/mol. The molecule has 0 bridgehead atoms. The van der Waals surface area contributed by atoms with Crippen molar-refractivity contribution >= 4 is 34.1 Å². The van der Waals surface area contributed by atoms with E-state index in [2.05, 4.69) is 30.7 Å². The van der Waals surface area contributed by atoms with Crippen molar-refractivity contribution in [3.05, 3.63) is 149 Å². The number of aromatic hydroxyl groups is 2. The molecule has 4 aromatic carbocycles. The molecule has 0 spiro atoms. The van der Waals surface area contributed by atoms with Gasteiger partial charge < -0.3 is 30.0 Å². The van der Waals surface area contributed by atoms with Crippen molar-refractivity contribution in [2.45, 2.75) is 13.8 Å². The van der Waals surface area contributed by atoms with Gasteiger partial charge >= 0.3 is 18.9 Å². The second-order valence-electron chi connectivity index (χ2n) is 10.2. The van der Waals surface area contributed by atoms with E-state index in [4.69, 9.17) is 0 Å². The number of aryl methyl sites for hydroxylation is 2. The standard InChI is InChI=1S/2C16H12N5O4.Cr.Li/c2*1-10-15(16(23)20(19-10)11-5-3-2-4-6-11)18-17-13-9-12(21(24)25)7-8-14(13)22;;/h2*2-9,22H,1H3;;/q2*-1;;+1. The summed E-state index contributed by atoms with van der Waals surface area (Å²) in [5.41, 5.74) is 0.187. The van der Waals surface area contributed by atoms with Crippen molar-refractivity contribution < 1.29 is 56.3 Å². The molecule has 0 saturated carbocycles. The van der Waals surface area contributed by atoms with E-state index in [0.717, 1.165) is 36.4 Å². The number of nitro benzene ring substituents is 2. The third kappa shape index (κ3) is 9.04. The first-order valence-electron chi connectivity index (χ1n) is 14.4. The molecule has 0 saturated heterocycles. The van der Waals surface area contributed by atoms with Crippen LogP contribution >= 0.6 is 0 Å². The Morgan fingerprint density at radius 2 is 0.981 bits per heavy atom. The van der Waals surface area contributed by atoms with Gasteiger partial charge in [-0.2, -0.15) is 10.2 Å². The van der Waals surface area contributed by atoms with Gasteiger partial charge in [0.05, 0.1) is 21.2 Å². The molecule has 2 aromatic heterocycles. The van der Waals surface area contributed by atoms with Gasteiger partial charge in [0.1, 0.15) is 34.0 Å². The number of hydrogen-bond donors (Lipinski definition) is 2. The first-order valence-corrected chi connectivity index (χ1v) is 14.4. The zero-order chi connectivity index (χ0) is 35.9. The van der Waals surface area contributed by atoms with Gasteiger partial charge in [0, 0.05) is 41.6 Å². The number of aromatic nitrogens is 4. The third-order valence-electron chi connectivity index (χ3n) is 6.83. The van der Waals surface area contributed by atoms with E-state index in [1.165, 1.54) is 9.36 Å². The molecular weight excluding hydrogens is 711 g/mol. The van der Waals surface area contributed by atoms with Gasteiger partial charge in [0.15, 0.2) is 0 Å². The van der Waals surface area contributed by atoms with Gasteiger partial charge in [-0.15, -0.1) is 11.4 Å². The van der Waals surface area contributed by atoms with Crippen LogP contribution in [0.3, 0.4) is 0 Å². The Balaban J connectivity index is 0.000000270. The number of benzene rings is 4. The molecule has 258 valence electrons. The number of para-hydroxylation sites is 2. The molecule has 0 aliphatic heterocycles. The second kappa shape index (κ2) is 17.5. The largest absolute Gasteiger partial charge is 1.00 e. The zero-order valence-electron chi connectivity index (χ0n) is 27.5. The molecule has 0 aliphatic carbocycles. The maximum absolute atomic E-state index is 12.4. The van der Waals surface area contributed by atoms with Crippen molar-refractivity contribution in [1.29, 1.82) is 0 Å². The number of azo groups is 2. The molecule has 0 unspecified atom stereocenters. The van der Waals surface area contributed by atoms with E-state index in [1.807, 2.05) is 12.1 Å². The summed E-state index contributed by atoms with van der Waals surface area (Å²) in [6, 6.07) is 24.3. The fraction of sp³-hybridized carbons (Fsp3) is 0.0625. The van der Waals surface area contributed by atoms with Crippen molar-refractivity contribution in [1.82, 2.24) is 19.6 Å². The second-order valence-corrected chi connectivity index (χ2v) is 10.2. The van der Waals surface area contributed by atoms with E-state index >= 15 is 0 Å². The number of phenols is 2.